The van der Waals surface area contributed by atoms with Crippen LogP contribution in [0, 0.1) is 0 Å². The van der Waals surface area contributed by atoms with Gasteiger partial charge in [0.1, 0.15) is 5.75 Å². The van der Waals surface area contributed by atoms with E-state index in [-0.39, 0.29) is 5.56 Å². The number of aromatic nitrogens is 2. The van der Waals surface area contributed by atoms with Gasteiger partial charge >= 0.3 is 0 Å². The van der Waals surface area contributed by atoms with Crippen LogP contribution in [0.1, 0.15) is 5.56 Å². The lowest BCUT2D eigenvalue weighted by molar-refractivity contribution is 0.415. The quantitative estimate of drug-likeness (QED) is 0.574. The van der Waals surface area contributed by atoms with Gasteiger partial charge in [0, 0.05) is 17.4 Å². The molecule has 0 unspecified atom stereocenters. The molecule has 5 heteroatoms. The lowest BCUT2D eigenvalue weighted by atomic mass is 10.1. The molecule has 1 aromatic heterocycles. The third-order valence-electron chi connectivity index (χ3n) is 3.32. The van der Waals surface area contributed by atoms with Crippen molar-refractivity contribution in [3.05, 3.63) is 76.6 Å². The Balaban J connectivity index is 1.82. The van der Waals surface area contributed by atoms with Crippen molar-refractivity contribution in [2.75, 3.05) is 7.11 Å². The van der Waals surface area contributed by atoms with Crippen molar-refractivity contribution in [1.82, 2.24) is 9.97 Å². The van der Waals surface area contributed by atoms with Crippen LogP contribution < -0.4 is 10.3 Å². The van der Waals surface area contributed by atoms with Gasteiger partial charge in [-0.05, 0) is 29.8 Å². The molecular formula is C18H16N2O2S. The molecule has 0 bridgehead atoms. The molecule has 0 fully saturated rings. The van der Waals surface area contributed by atoms with Crippen LogP contribution in [-0.2, 0) is 5.75 Å². The maximum absolute atomic E-state index is 11.9. The summed E-state index contributed by atoms with van der Waals surface area (Å²) in [4.78, 5) is 19.2. The first kappa shape index (κ1) is 15.4. The van der Waals surface area contributed by atoms with Crippen LogP contribution in [0.5, 0.6) is 5.75 Å². The molecule has 0 spiro atoms. The fourth-order valence-electron chi connectivity index (χ4n) is 2.14. The molecule has 0 aliphatic carbocycles. The minimum absolute atomic E-state index is 0.152. The topological polar surface area (TPSA) is 55.0 Å². The van der Waals surface area contributed by atoms with Gasteiger partial charge in [0.2, 0.25) is 0 Å². The number of nitrogens with one attached hydrogen (secondary N) is 1. The van der Waals surface area contributed by atoms with Crippen LogP contribution in [0.25, 0.3) is 11.3 Å². The van der Waals surface area contributed by atoms with Crippen LogP contribution >= 0.6 is 11.8 Å². The fraction of sp³-hybridized carbons (Fsp3) is 0.111. The molecule has 0 saturated carbocycles. The van der Waals surface area contributed by atoms with Crippen molar-refractivity contribution >= 4 is 11.8 Å². The predicted molar refractivity (Wildman–Crippen MR) is 92.8 cm³/mol. The smallest absolute Gasteiger partial charge is 0.252 e. The number of hydrogen-bond acceptors (Lipinski definition) is 4. The number of methoxy groups -OCH3 is 1. The van der Waals surface area contributed by atoms with E-state index in [0.29, 0.717) is 10.9 Å². The lowest BCUT2D eigenvalue weighted by Crippen LogP contribution is -2.08. The van der Waals surface area contributed by atoms with Gasteiger partial charge in [0.25, 0.3) is 5.56 Å². The molecular weight excluding hydrogens is 308 g/mol. The molecule has 3 aromatic rings. The molecule has 2 aromatic carbocycles. The van der Waals surface area contributed by atoms with E-state index in [4.69, 9.17) is 4.74 Å². The molecule has 0 atom stereocenters. The highest BCUT2D eigenvalue weighted by Crippen LogP contribution is 2.23. The van der Waals surface area contributed by atoms with Crippen LogP contribution in [0.4, 0.5) is 0 Å². The summed E-state index contributed by atoms with van der Waals surface area (Å²) >= 11 is 1.51. The number of H-pyrrole nitrogens is 1. The van der Waals surface area contributed by atoms with E-state index < -0.39 is 0 Å². The highest BCUT2D eigenvalue weighted by atomic mass is 32.2. The van der Waals surface area contributed by atoms with Gasteiger partial charge in [0.15, 0.2) is 5.16 Å². The second-order valence-corrected chi connectivity index (χ2v) is 5.90. The third-order valence-corrected chi connectivity index (χ3v) is 4.27. The molecule has 3 rings (SSSR count). The Morgan fingerprint density at radius 2 is 1.83 bits per heavy atom. The molecule has 0 aliphatic heterocycles. The normalized spacial score (nSPS) is 10.5. The van der Waals surface area contributed by atoms with E-state index in [1.807, 2.05) is 42.5 Å². The van der Waals surface area contributed by atoms with Crippen molar-refractivity contribution in [2.24, 2.45) is 0 Å². The minimum Gasteiger partial charge on any atom is -0.497 e. The summed E-state index contributed by atoms with van der Waals surface area (Å²) < 4.78 is 5.15. The van der Waals surface area contributed by atoms with Crippen LogP contribution in [0.3, 0.4) is 0 Å². The Bertz CT molecular complexity index is 830. The predicted octanol–water partition coefficient (Wildman–Crippen LogP) is 3.74. The second-order valence-electron chi connectivity index (χ2n) is 4.94. The van der Waals surface area contributed by atoms with Gasteiger partial charge in [0.05, 0.1) is 12.8 Å². The van der Waals surface area contributed by atoms with Gasteiger partial charge in [-0.3, -0.25) is 4.79 Å². The monoisotopic (exact) mass is 324 g/mol. The van der Waals surface area contributed by atoms with Gasteiger partial charge < -0.3 is 9.72 Å². The minimum atomic E-state index is -0.152. The molecule has 0 amide bonds. The van der Waals surface area contributed by atoms with Crippen molar-refractivity contribution < 1.29 is 4.74 Å². The Hall–Kier alpha value is -2.53. The van der Waals surface area contributed by atoms with Gasteiger partial charge in [-0.2, -0.15) is 0 Å². The largest absolute Gasteiger partial charge is 0.497 e. The maximum Gasteiger partial charge on any atom is 0.252 e. The zero-order valence-electron chi connectivity index (χ0n) is 12.7. The first-order valence-electron chi connectivity index (χ1n) is 7.17. The van der Waals surface area contributed by atoms with Gasteiger partial charge in [-0.15, -0.1) is 0 Å². The summed E-state index contributed by atoms with van der Waals surface area (Å²) in [5.41, 5.74) is 2.59. The summed E-state index contributed by atoms with van der Waals surface area (Å²) in [6, 6.07) is 19.1. The van der Waals surface area contributed by atoms with E-state index in [1.54, 1.807) is 7.11 Å². The van der Waals surface area contributed by atoms with Crippen LogP contribution in [0.2, 0.25) is 0 Å². The SMILES string of the molecule is COc1ccc(-c2cc(=O)[nH]c(SCc3ccccc3)n2)cc1. The van der Waals surface area contributed by atoms with E-state index in [9.17, 15) is 4.79 Å². The number of rotatable bonds is 5. The molecule has 0 saturated heterocycles. The molecule has 116 valence electrons. The standard InChI is InChI=1S/C18H16N2O2S/c1-22-15-9-7-14(8-10-15)16-11-17(21)20-18(19-16)23-12-13-5-3-2-4-6-13/h2-11H,12H2,1H3,(H,19,20,21). The summed E-state index contributed by atoms with van der Waals surface area (Å²) in [5, 5.41) is 0.618. The number of hydrogen-bond donors (Lipinski definition) is 1. The van der Waals surface area contributed by atoms with E-state index in [1.165, 1.54) is 23.4 Å². The number of thioether (sulfide) groups is 1. The Morgan fingerprint density at radius 3 is 2.52 bits per heavy atom. The first-order valence-corrected chi connectivity index (χ1v) is 8.16. The maximum atomic E-state index is 11.9. The fourth-order valence-corrected chi connectivity index (χ4v) is 2.97. The van der Waals surface area contributed by atoms with E-state index >= 15 is 0 Å². The van der Waals surface area contributed by atoms with E-state index in [0.717, 1.165) is 17.1 Å². The van der Waals surface area contributed by atoms with Crippen molar-refractivity contribution in [3.8, 4) is 17.0 Å². The molecule has 4 nitrogen and oxygen atoms in total. The molecule has 0 radical (unpaired) electrons. The molecule has 0 aliphatic rings. The summed E-state index contributed by atoms with van der Waals surface area (Å²) in [5.74, 6) is 1.54. The van der Waals surface area contributed by atoms with Crippen molar-refractivity contribution in [2.45, 2.75) is 10.9 Å². The Labute approximate surface area is 138 Å². The first-order chi connectivity index (χ1) is 11.2. The van der Waals surface area contributed by atoms with E-state index in [2.05, 4.69) is 22.1 Å². The number of nitrogens with zero attached hydrogens (tertiary/aromatic N) is 1. The van der Waals surface area contributed by atoms with Crippen molar-refractivity contribution in [3.63, 3.8) is 0 Å². The number of ether oxygens (including phenoxy) is 1. The Morgan fingerprint density at radius 1 is 1.09 bits per heavy atom. The Kier molecular flexibility index (Phi) is 4.78. The van der Waals surface area contributed by atoms with Crippen LogP contribution in [-0.4, -0.2) is 17.1 Å². The summed E-state index contributed by atoms with van der Waals surface area (Å²) in [7, 11) is 1.62. The summed E-state index contributed by atoms with van der Waals surface area (Å²) in [6.07, 6.45) is 0. The zero-order chi connectivity index (χ0) is 16.1. The lowest BCUT2D eigenvalue weighted by Gasteiger charge is -2.05. The number of benzene rings is 2. The average molecular weight is 324 g/mol. The third kappa shape index (κ3) is 4.02. The molecule has 1 N–H and O–H groups in total. The summed E-state index contributed by atoms with van der Waals surface area (Å²) in [6.45, 7) is 0. The highest BCUT2D eigenvalue weighted by Gasteiger charge is 2.05. The van der Waals surface area contributed by atoms with Gasteiger partial charge in [-0.25, -0.2) is 4.98 Å². The molecule has 23 heavy (non-hydrogen) atoms. The van der Waals surface area contributed by atoms with Crippen LogP contribution in [0.15, 0.2) is 70.6 Å². The highest BCUT2D eigenvalue weighted by molar-refractivity contribution is 7.98. The average Bonchev–Trinajstić information content (AvgIpc) is 2.60. The van der Waals surface area contributed by atoms with Gasteiger partial charge in [-0.1, -0.05) is 42.1 Å². The molecule has 1 heterocycles. The second kappa shape index (κ2) is 7.15. The van der Waals surface area contributed by atoms with Crippen molar-refractivity contribution in [1.29, 1.82) is 0 Å². The zero-order valence-corrected chi connectivity index (χ0v) is 13.5. The number of aromatic amines is 1.